The summed E-state index contributed by atoms with van der Waals surface area (Å²) in [6, 6.07) is 25.0. The van der Waals surface area contributed by atoms with Gasteiger partial charge in [0.2, 0.25) is 0 Å². The maximum Gasteiger partial charge on any atom is 4.00 e. The van der Waals surface area contributed by atoms with E-state index in [-0.39, 0.29) is 51.0 Å². The minimum absolute atomic E-state index is 0. The van der Waals surface area contributed by atoms with Crippen LogP contribution in [0, 0.1) is 6.08 Å². The Morgan fingerprint density at radius 3 is 2.38 bits per heavy atom. The quantitative estimate of drug-likeness (QED) is 0.354. The molecule has 0 aliphatic heterocycles. The summed E-state index contributed by atoms with van der Waals surface area (Å²) in [6.07, 6.45) is 13.4. The van der Waals surface area contributed by atoms with E-state index in [1.807, 2.05) is 23.0 Å². The van der Waals surface area contributed by atoms with E-state index in [2.05, 4.69) is 84.0 Å². The Morgan fingerprint density at radius 2 is 1.72 bits per heavy atom. The number of hydrogen-bond acceptors (Lipinski definition) is 1. The second-order valence-corrected chi connectivity index (χ2v) is 6.26. The number of aromatic nitrogens is 2. The maximum absolute atomic E-state index is 4.20. The van der Waals surface area contributed by atoms with Gasteiger partial charge in [0.15, 0.2) is 0 Å². The van der Waals surface area contributed by atoms with E-state index in [4.69, 9.17) is 0 Å². The molecule has 4 aromatic rings. The van der Waals surface area contributed by atoms with Gasteiger partial charge in [-0.3, -0.25) is 10.8 Å². The van der Waals surface area contributed by atoms with Crippen LogP contribution in [0.3, 0.4) is 0 Å². The van der Waals surface area contributed by atoms with Gasteiger partial charge in [0, 0.05) is 12.4 Å². The van der Waals surface area contributed by atoms with Crippen molar-refractivity contribution >= 4 is 10.8 Å². The molecule has 1 aliphatic carbocycles. The van der Waals surface area contributed by atoms with Crippen molar-refractivity contribution in [3.05, 3.63) is 115 Å². The molecule has 0 radical (unpaired) electrons. The zero-order valence-electron chi connectivity index (χ0n) is 15.8. The van der Waals surface area contributed by atoms with Crippen LogP contribution >= 0.6 is 0 Å². The normalized spacial score (nSPS) is 11.4. The number of nitrogens with zero attached hydrogens (tertiary/aromatic N) is 2. The van der Waals surface area contributed by atoms with Gasteiger partial charge >= 0.3 is 26.2 Å². The third kappa shape index (κ3) is 6.89. The van der Waals surface area contributed by atoms with Gasteiger partial charge in [-0.05, 0) is 23.7 Å². The second kappa shape index (κ2) is 12.7. The molecule has 29 heavy (non-hydrogen) atoms. The predicted octanol–water partition coefficient (Wildman–Crippen LogP) is -0.332. The van der Waals surface area contributed by atoms with E-state index in [0.29, 0.717) is 0 Å². The fourth-order valence-electron chi connectivity index (χ4n) is 3.08. The second-order valence-electron chi connectivity index (χ2n) is 6.26. The fraction of sp³-hybridized carbons (Fsp3) is 0.0833. The summed E-state index contributed by atoms with van der Waals surface area (Å²) < 4.78 is 1.88. The number of allylic oxidation sites excluding steroid dienone is 4. The molecule has 0 fully saturated rings. The van der Waals surface area contributed by atoms with Crippen LogP contribution in [0.25, 0.3) is 16.5 Å². The molecular formula is C24H20Cl2N2Zr. The zero-order chi connectivity index (χ0) is 17.6. The summed E-state index contributed by atoms with van der Waals surface area (Å²) in [7, 11) is 0. The van der Waals surface area contributed by atoms with Crippen molar-refractivity contribution < 1.29 is 51.0 Å². The molecular weight excluding hydrogens is 478 g/mol. The molecule has 5 rings (SSSR count). The van der Waals surface area contributed by atoms with Crippen LogP contribution in [-0.2, 0) is 32.6 Å². The number of benzene rings is 2. The smallest absolute Gasteiger partial charge is 1.00 e. The first kappa shape index (κ1) is 25.2. The van der Waals surface area contributed by atoms with Gasteiger partial charge in [0.05, 0.1) is 0 Å². The van der Waals surface area contributed by atoms with Gasteiger partial charge in [-0.1, -0.05) is 36.4 Å². The van der Waals surface area contributed by atoms with E-state index >= 15 is 0 Å². The van der Waals surface area contributed by atoms with E-state index in [1.54, 1.807) is 6.20 Å². The molecule has 1 aliphatic rings. The molecule has 2 nitrogen and oxygen atoms in total. The minimum Gasteiger partial charge on any atom is -1.00 e. The molecule has 3 aromatic carbocycles. The van der Waals surface area contributed by atoms with Crippen molar-refractivity contribution in [2.45, 2.75) is 12.8 Å². The van der Waals surface area contributed by atoms with Crippen LogP contribution in [-0.4, -0.2) is 9.78 Å². The number of rotatable bonds is 3. The molecule has 0 unspecified atom stereocenters. The molecule has 1 heterocycles. The molecule has 144 valence electrons. The van der Waals surface area contributed by atoms with Crippen molar-refractivity contribution in [1.82, 2.24) is 9.78 Å². The molecule has 0 spiro atoms. The number of fused-ring (bicyclic) bond motifs is 1. The van der Waals surface area contributed by atoms with Gasteiger partial charge in [0.1, 0.15) is 0 Å². The van der Waals surface area contributed by atoms with Gasteiger partial charge in [-0.2, -0.15) is 11.2 Å². The topological polar surface area (TPSA) is 17.8 Å². The van der Waals surface area contributed by atoms with Crippen molar-refractivity contribution in [3.8, 4) is 5.69 Å². The Hall–Kier alpha value is -1.80. The fourth-order valence-corrected chi connectivity index (χ4v) is 3.08. The van der Waals surface area contributed by atoms with Gasteiger partial charge < -0.3 is 24.8 Å². The third-order valence-electron chi connectivity index (χ3n) is 4.38. The molecule has 1 aromatic heterocycles. The van der Waals surface area contributed by atoms with Crippen LogP contribution in [0.4, 0.5) is 0 Å². The zero-order valence-corrected chi connectivity index (χ0v) is 19.8. The summed E-state index contributed by atoms with van der Waals surface area (Å²) in [5.74, 6) is 0. The van der Waals surface area contributed by atoms with Crippen LogP contribution < -0.4 is 24.8 Å². The third-order valence-corrected chi connectivity index (χ3v) is 4.38. The molecule has 0 N–H and O–H groups in total. The van der Waals surface area contributed by atoms with Crippen LogP contribution in [0.1, 0.15) is 12.0 Å². The number of hydrogen-bond donors (Lipinski definition) is 0. The largest absolute Gasteiger partial charge is 4.00 e. The first-order chi connectivity index (χ1) is 12.9. The van der Waals surface area contributed by atoms with Crippen LogP contribution in [0.2, 0.25) is 0 Å². The standard InChI is InChI=1S/C12H9N2.C12H11.2ClH.Zr/c1-2-5-11-9-12(8-10(11)4-1)14-7-3-6-13-14;1-2-6-11(7-3-1)10-12-8-4-5-9-12;;;/h1-9H;1-4,6-8H,5,10H2;2*1H;/q2*-1;;;+4/p-2. The van der Waals surface area contributed by atoms with Crippen LogP contribution in [0.5, 0.6) is 0 Å². The maximum atomic E-state index is 4.20. The average molecular weight is 499 g/mol. The predicted molar refractivity (Wildman–Crippen MR) is 107 cm³/mol. The number of halogens is 2. The molecule has 0 bridgehead atoms. The van der Waals surface area contributed by atoms with E-state index in [9.17, 15) is 0 Å². The molecule has 0 saturated heterocycles. The first-order valence-electron chi connectivity index (χ1n) is 8.84. The molecule has 0 saturated carbocycles. The molecule has 0 atom stereocenters. The molecule has 0 amide bonds. The average Bonchev–Trinajstić information content (AvgIpc) is 3.44. The Kier molecular flexibility index (Phi) is 11.1. The monoisotopic (exact) mass is 496 g/mol. The minimum atomic E-state index is 0. The van der Waals surface area contributed by atoms with Gasteiger partial charge in [-0.25, -0.2) is 11.6 Å². The van der Waals surface area contributed by atoms with Gasteiger partial charge in [0.25, 0.3) is 0 Å². The van der Waals surface area contributed by atoms with E-state index in [0.717, 1.165) is 18.5 Å². The SMILES string of the molecule is [C-]1=C(Cc2ccccc2)C=CC1.[Cl-].[Cl-].[Zr+4].c1ccc2[cH-]c(-n3cccn3)cc2c1. The summed E-state index contributed by atoms with van der Waals surface area (Å²) in [5.41, 5.74) is 3.81. The van der Waals surface area contributed by atoms with Crippen molar-refractivity contribution in [2.75, 3.05) is 0 Å². The van der Waals surface area contributed by atoms with Crippen LogP contribution in [0.15, 0.2) is 103 Å². The summed E-state index contributed by atoms with van der Waals surface area (Å²) in [5, 5.41) is 6.72. The van der Waals surface area contributed by atoms with Crippen molar-refractivity contribution in [1.29, 1.82) is 0 Å². The van der Waals surface area contributed by atoms with Crippen molar-refractivity contribution in [2.24, 2.45) is 0 Å². The van der Waals surface area contributed by atoms with E-state index in [1.165, 1.54) is 21.9 Å². The molecule has 5 heteroatoms. The Bertz CT molecular complexity index is 1000. The Labute approximate surface area is 203 Å². The summed E-state index contributed by atoms with van der Waals surface area (Å²) >= 11 is 0. The Morgan fingerprint density at radius 1 is 0.966 bits per heavy atom. The van der Waals surface area contributed by atoms with E-state index < -0.39 is 0 Å². The summed E-state index contributed by atoms with van der Waals surface area (Å²) in [6.45, 7) is 0. The Balaban J connectivity index is 0.000000266. The first-order valence-corrected chi connectivity index (χ1v) is 8.84. The summed E-state index contributed by atoms with van der Waals surface area (Å²) in [4.78, 5) is 0. The van der Waals surface area contributed by atoms with Gasteiger partial charge in [-0.15, -0.1) is 47.5 Å². The van der Waals surface area contributed by atoms with Crippen molar-refractivity contribution in [3.63, 3.8) is 0 Å².